The predicted octanol–water partition coefficient (Wildman–Crippen LogP) is 3.98. The Kier molecular flexibility index (Phi) is 3.84. The molecule has 2 heterocycles. The largest absolute Gasteiger partial charge is 0.497 e. The monoisotopic (exact) mass is 305 g/mol. The van der Waals surface area contributed by atoms with Gasteiger partial charge in [0.05, 0.1) is 22.3 Å². The van der Waals surface area contributed by atoms with Crippen molar-refractivity contribution in [2.75, 3.05) is 19.0 Å². The third-order valence-corrected chi connectivity index (χ3v) is 5.01. The van der Waals surface area contributed by atoms with Gasteiger partial charge >= 0.3 is 0 Å². The molecule has 0 saturated heterocycles. The standard InChI is InChI=1S/C14H15N3OS2/c1-9(13-15-5-6-19-13)8-16-14-17-11-4-3-10(18-2)7-12(11)20-14/h3-7,9H,8H2,1-2H3,(H,16,17). The van der Waals surface area contributed by atoms with E-state index in [0.29, 0.717) is 5.92 Å². The number of benzene rings is 1. The number of rotatable bonds is 5. The van der Waals surface area contributed by atoms with E-state index in [1.54, 1.807) is 29.8 Å². The summed E-state index contributed by atoms with van der Waals surface area (Å²) in [6.45, 7) is 3.01. The Morgan fingerprint density at radius 1 is 1.40 bits per heavy atom. The summed E-state index contributed by atoms with van der Waals surface area (Å²) in [6, 6.07) is 5.94. The summed E-state index contributed by atoms with van der Waals surface area (Å²) in [4.78, 5) is 8.92. The number of fused-ring (bicyclic) bond motifs is 1. The first kappa shape index (κ1) is 13.3. The van der Waals surface area contributed by atoms with Crippen LogP contribution >= 0.6 is 22.7 Å². The van der Waals surface area contributed by atoms with Gasteiger partial charge in [-0.3, -0.25) is 0 Å². The number of anilines is 1. The molecule has 0 spiro atoms. The molecule has 1 N–H and O–H groups in total. The van der Waals surface area contributed by atoms with Crippen molar-refractivity contribution in [3.63, 3.8) is 0 Å². The van der Waals surface area contributed by atoms with E-state index in [0.717, 1.165) is 32.7 Å². The summed E-state index contributed by atoms with van der Waals surface area (Å²) in [5.74, 6) is 1.25. The normalized spacial score (nSPS) is 12.5. The fourth-order valence-electron chi connectivity index (χ4n) is 1.91. The van der Waals surface area contributed by atoms with Gasteiger partial charge in [-0.1, -0.05) is 18.3 Å². The lowest BCUT2D eigenvalue weighted by atomic mass is 10.2. The Labute approximate surface area is 125 Å². The first-order chi connectivity index (χ1) is 9.76. The number of ether oxygens (including phenoxy) is 1. The van der Waals surface area contributed by atoms with Crippen molar-refractivity contribution < 1.29 is 4.74 Å². The first-order valence-corrected chi connectivity index (χ1v) is 8.03. The van der Waals surface area contributed by atoms with Crippen LogP contribution in [0.3, 0.4) is 0 Å². The molecule has 0 radical (unpaired) electrons. The Morgan fingerprint density at radius 2 is 2.30 bits per heavy atom. The molecule has 0 amide bonds. The van der Waals surface area contributed by atoms with Crippen LogP contribution in [0, 0.1) is 0 Å². The lowest BCUT2D eigenvalue weighted by molar-refractivity contribution is 0.415. The maximum absolute atomic E-state index is 5.23. The number of aromatic nitrogens is 2. The molecule has 3 aromatic rings. The summed E-state index contributed by atoms with van der Waals surface area (Å²) in [7, 11) is 1.68. The van der Waals surface area contributed by atoms with Crippen LogP contribution in [0.4, 0.5) is 5.13 Å². The second-order valence-corrected chi connectivity index (χ2v) is 6.46. The molecule has 0 aliphatic rings. The molecule has 0 fully saturated rings. The van der Waals surface area contributed by atoms with E-state index >= 15 is 0 Å². The van der Waals surface area contributed by atoms with E-state index < -0.39 is 0 Å². The number of methoxy groups -OCH3 is 1. The quantitative estimate of drug-likeness (QED) is 0.774. The van der Waals surface area contributed by atoms with Gasteiger partial charge in [0.2, 0.25) is 0 Å². The molecule has 0 aliphatic heterocycles. The van der Waals surface area contributed by atoms with Gasteiger partial charge in [0.15, 0.2) is 5.13 Å². The fourth-order valence-corrected chi connectivity index (χ4v) is 3.51. The highest BCUT2D eigenvalue weighted by molar-refractivity contribution is 7.22. The summed E-state index contributed by atoms with van der Waals surface area (Å²) in [5, 5.41) is 7.50. The van der Waals surface area contributed by atoms with Crippen LogP contribution in [-0.4, -0.2) is 23.6 Å². The van der Waals surface area contributed by atoms with E-state index in [1.807, 2.05) is 29.8 Å². The smallest absolute Gasteiger partial charge is 0.183 e. The van der Waals surface area contributed by atoms with Crippen molar-refractivity contribution in [3.05, 3.63) is 34.8 Å². The molecular formula is C14H15N3OS2. The van der Waals surface area contributed by atoms with Gasteiger partial charge in [0.1, 0.15) is 5.75 Å². The van der Waals surface area contributed by atoms with Crippen LogP contribution < -0.4 is 10.1 Å². The molecule has 3 rings (SSSR count). The molecule has 2 aromatic heterocycles. The second kappa shape index (κ2) is 5.76. The minimum absolute atomic E-state index is 0.386. The summed E-state index contributed by atoms with van der Waals surface area (Å²) < 4.78 is 6.36. The minimum Gasteiger partial charge on any atom is -0.497 e. The molecular weight excluding hydrogens is 290 g/mol. The average molecular weight is 305 g/mol. The number of hydrogen-bond donors (Lipinski definition) is 1. The van der Waals surface area contributed by atoms with Gasteiger partial charge in [-0.2, -0.15) is 0 Å². The van der Waals surface area contributed by atoms with Crippen molar-refractivity contribution in [1.29, 1.82) is 0 Å². The van der Waals surface area contributed by atoms with Crippen LogP contribution in [-0.2, 0) is 0 Å². The Morgan fingerprint density at radius 3 is 3.05 bits per heavy atom. The van der Waals surface area contributed by atoms with Gasteiger partial charge in [0.25, 0.3) is 0 Å². The molecule has 0 aliphatic carbocycles. The minimum atomic E-state index is 0.386. The van der Waals surface area contributed by atoms with Crippen LogP contribution in [0.1, 0.15) is 17.8 Å². The number of hydrogen-bond acceptors (Lipinski definition) is 6. The molecule has 4 nitrogen and oxygen atoms in total. The summed E-state index contributed by atoms with van der Waals surface area (Å²) in [6.07, 6.45) is 1.85. The Balaban J connectivity index is 1.71. The zero-order valence-electron chi connectivity index (χ0n) is 11.3. The van der Waals surface area contributed by atoms with E-state index in [-0.39, 0.29) is 0 Å². The van der Waals surface area contributed by atoms with Crippen LogP contribution in [0.25, 0.3) is 10.2 Å². The third kappa shape index (κ3) is 2.76. The number of nitrogens with zero attached hydrogens (tertiary/aromatic N) is 2. The maximum atomic E-state index is 5.23. The average Bonchev–Trinajstić information content (AvgIpc) is 3.12. The van der Waals surface area contributed by atoms with E-state index in [2.05, 4.69) is 22.2 Å². The van der Waals surface area contributed by atoms with Crippen molar-refractivity contribution in [2.24, 2.45) is 0 Å². The number of thiazole rings is 2. The number of nitrogens with one attached hydrogen (secondary N) is 1. The van der Waals surface area contributed by atoms with E-state index in [4.69, 9.17) is 4.74 Å². The lowest BCUT2D eigenvalue weighted by Gasteiger charge is -2.08. The Bertz CT molecular complexity index is 694. The SMILES string of the molecule is COc1ccc2nc(NCC(C)c3nccs3)sc2c1. The predicted molar refractivity (Wildman–Crippen MR) is 85.2 cm³/mol. The highest BCUT2D eigenvalue weighted by atomic mass is 32.1. The van der Waals surface area contributed by atoms with Crippen LogP contribution in [0.15, 0.2) is 29.8 Å². The van der Waals surface area contributed by atoms with E-state index in [9.17, 15) is 0 Å². The zero-order chi connectivity index (χ0) is 13.9. The van der Waals surface area contributed by atoms with Gasteiger partial charge in [-0.05, 0) is 18.2 Å². The highest BCUT2D eigenvalue weighted by Crippen LogP contribution is 2.29. The second-order valence-electron chi connectivity index (χ2n) is 4.50. The molecule has 0 bridgehead atoms. The highest BCUT2D eigenvalue weighted by Gasteiger charge is 2.10. The third-order valence-electron chi connectivity index (χ3n) is 3.03. The molecule has 1 unspecified atom stereocenters. The van der Waals surface area contributed by atoms with Gasteiger partial charge in [-0.15, -0.1) is 11.3 Å². The van der Waals surface area contributed by atoms with Gasteiger partial charge in [0, 0.05) is 24.0 Å². The lowest BCUT2D eigenvalue weighted by Crippen LogP contribution is -2.09. The molecule has 1 atom stereocenters. The van der Waals surface area contributed by atoms with Crippen molar-refractivity contribution in [3.8, 4) is 5.75 Å². The zero-order valence-corrected chi connectivity index (χ0v) is 12.9. The topological polar surface area (TPSA) is 47.0 Å². The Hall–Kier alpha value is -1.66. The maximum Gasteiger partial charge on any atom is 0.183 e. The molecule has 104 valence electrons. The van der Waals surface area contributed by atoms with Crippen molar-refractivity contribution in [1.82, 2.24) is 9.97 Å². The fraction of sp³-hybridized carbons (Fsp3) is 0.286. The molecule has 1 aromatic carbocycles. The van der Waals surface area contributed by atoms with Gasteiger partial charge < -0.3 is 10.1 Å². The van der Waals surface area contributed by atoms with Gasteiger partial charge in [-0.25, -0.2) is 9.97 Å². The van der Waals surface area contributed by atoms with Crippen molar-refractivity contribution >= 4 is 38.0 Å². The molecule has 6 heteroatoms. The van der Waals surface area contributed by atoms with E-state index in [1.165, 1.54) is 0 Å². The molecule has 20 heavy (non-hydrogen) atoms. The summed E-state index contributed by atoms with van der Waals surface area (Å²) >= 11 is 3.34. The van der Waals surface area contributed by atoms with Crippen molar-refractivity contribution in [2.45, 2.75) is 12.8 Å². The summed E-state index contributed by atoms with van der Waals surface area (Å²) in [5.41, 5.74) is 1.00. The molecule has 0 saturated carbocycles. The van der Waals surface area contributed by atoms with Crippen LogP contribution in [0.2, 0.25) is 0 Å². The first-order valence-electron chi connectivity index (χ1n) is 6.34. The van der Waals surface area contributed by atoms with Crippen LogP contribution in [0.5, 0.6) is 5.75 Å².